The lowest BCUT2D eigenvalue weighted by Gasteiger charge is -2.29. The molecular weight excluding hydrogens is 432 g/mol. The van der Waals surface area contributed by atoms with Crippen LogP contribution in [0, 0.1) is 11.3 Å². The van der Waals surface area contributed by atoms with E-state index in [0.717, 1.165) is 31.1 Å². The molecule has 0 aromatic carbocycles. The van der Waals surface area contributed by atoms with Gasteiger partial charge >= 0.3 is 0 Å². The number of hydrogen-bond donors (Lipinski definition) is 3. The van der Waals surface area contributed by atoms with Gasteiger partial charge in [0.15, 0.2) is 11.5 Å². The molecule has 0 spiro atoms. The molecule has 10 heteroatoms. The molecule has 0 aliphatic heterocycles. The Morgan fingerprint density at radius 2 is 1.76 bits per heavy atom. The molecular formula is C24H28N8O2. The molecule has 1 fully saturated rings. The monoisotopic (exact) mass is 460 g/mol. The summed E-state index contributed by atoms with van der Waals surface area (Å²) >= 11 is 0. The van der Waals surface area contributed by atoms with Crippen molar-refractivity contribution in [2.75, 3.05) is 5.32 Å². The van der Waals surface area contributed by atoms with Gasteiger partial charge < -0.3 is 16.0 Å². The zero-order valence-electron chi connectivity index (χ0n) is 19.5. The molecule has 10 nitrogen and oxygen atoms in total. The topological polar surface area (TPSA) is 138 Å². The zero-order valence-corrected chi connectivity index (χ0v) is 19.5. The van der Waals surface area contributed by atoms with Crippen molar-refractivity contribution in [3.05, 3.63) is 41.9 Å². The highest BCUT2D eigenvalue weighted by Crippen LogP contribution is 2.24. The molecule has 0 radical (unpaired) electrons. The normalized spacial score (nSPS) is 17.9. The lowest BCUT2D eigenvalue weighted by Crippen LogP contribution is -2.43. The average Bonchev–Trinajstić information content (AvgIpc) is 3.22. The largest absolute Gasteiger partial charge is 0.382 e. The second kappa shape index (κ2) is 9.87. The van der Waals surface area contributed by atoms with Crippen LogP contribution in [0.4, 0.5) is 5.69 Å². The number of carbonyl (C=O) groups excluding carboxylic acids is 2. The van der Waals surface area contributed by atoms with Crippen LogP contribution < -0.4 is 16.0 Å². The molecule has 176 valence electrons. The number of hydrogen-bond acceptors (Lipinski definition) is 7. The van der Waals surface area contributed by atoms with Gasteiger partial charge in [0, 0.05) is 48.9 Å². The van der Waals surface area contributed by atoms with E-state index in [-0.39, 0.29) is 29.9 Å². The second-order valence-corrected chi connectivity index (χ2v) is 8.91. The molecule has 0 atom stereocenters. The summed E-state index contributed by atoms with van der Waals surface area (Å²) in [5, 5.41) is 23.6. The molecule has 3 N–H and O–H groups in total. The minimum Gasteiger partial charge on any atom is -0.382 e. The van der Waals surface area contributed by atoms with Crippen LogP contribution in [-0.4, -0.2) is 49.7 Å². The first-order valence-corrected chi connectivity index (χ1v) is 11.4. The fraction of sp³-hybridized carbons (Fsp3) is 0.417. The van der Waals surface area contributed by atoms with Crippen LogP contribution in [0.3, 0.4) is 0 Å². The Balaban J connectivity index is 1.55. The third kappa shape index (κ3) is 5.14. The van der Waals surface area contributed by atoms with Gasteiger partial charge in [0.2, 0.25) is 5.91 Å². The summed E-state index contributed by atoms with van der Waals surface area (Å²) in [6.07, 6.45) is 7.98. The molecule has 0 unspecified atom stereocenters. The molecule has 0 bridgehead atoms. The number of carbonyl (C=O) groups is 2. The number of pyridine rings is 2. The van der Waals surface area contributed by atoms with Gasteiger partial charge in [0.05, 0.1) is 23.0 Å². The molecule has 1 aliphatic carbocycles. The highest BCUT2D eigenvalue weighted by atomic mass is 16.2. The van der Waals surface area contributed by atoms with Crippen LogP contribution >= 0.6 is 0 Å². The first-order chi connectivity index (χ1) is 16.3. The van der Waals surface area contributed by atoms with E-state index in [1.54, 1.807) is 29.2 Å². The lowest BCUT2D eigenvalue weighted by molar-refractivity contribution is -0.119. The van der Waals surface area contributed by atoms with Crippen LogP contribution in [0.15, 0.2) is 30.7 Å². The molecule has 34 heavy (non-hydrogen) atoms. The van der Waals surface area contributed by atoms with Gasteiger partial charge in [-0.05, 0) is 45.6 Å². The quantitative estimate of drug-likeness (QED) is 0.514. The average molecular weight is 461 g/mol. The molecule has 3 heterocycles. The standard InChI is InChI=1S/C24H28N8O2/c1-14(2)29-21-9-22(32-23-17(12-28-32)8-16(10-25)11-27-23)26-13-20(21)24(34)31-19-6-4-18(5-7-19)30-15(3)33/h8-9,11-14,18-19H,4-7H2,1-3H3,(H,26,29)(H,30,33)(H,31,34). The van der Waals surface area contributed by atoms with Gasteiger partial charge in [0.1, 0.15) is 6.07 Å². The number of rotatable bonds is 6. The van der Waals surface area contributed by atoms with Gasteiger partial charge in [-0.25, -0.2) is 9.97 Å². The summed E-state index contributed by atoms with van der Waals surface area (Å²) in [6, 6.07) is 5.91. The molecule has 2 amide bonds. The highest BCUT2D eigenvalue weighted by Gasteiger charge is 2.24. The Morgan fingerprint density at radius 3 is 2.41 bits per heavy atom. The van der Waals surface area contributed by atoms with Gasteiger partial charge in [-0.3, -0.25) is 9.59 Å². The number of fused-ring (bicyclic) bond motifs is 1. The Labute approximate surface area is 197 Å². The molecule has 4 rings (SSSR count). The Bertz CT molecular complexity index is 1250. The van der Waals surface area contributed by atoms with Gasteiger partial charge in [-0.15, -0.1) is 0 Å². The number of nitrogens with one attached hydrogen (secondary N) is 3. The van der Waals surface area contributed by atoms with E-state index in [2.05, 4.69) is 37.1 Å². The number of nitrogens with zero attached hydrogens (tertiary/aromatic N) is 5. The summed E-state index contributed by atoms with van der Waals surface area (Å²) in [7, 11) is 0. The first-order valence-electron chi connectivity index (χ1n) is 11.4. The number of nitriles is 1. The third-order valence-electron chi connectivity index (χ3n) is 5.80. The van der Waals surface area contributed by atoms with Crippen LogP contribution in [0.1, 0.15) is 62.4 Å². The maximum atomic E-state index is 13.1. The third-order valence-corrected chi connectivity index (χ3v) is 5.80. The second-order valence-electron chi connectivity index (χ2n) is 8.91. The zero-order chi connectivity index (χ0) is 24.2. The van der Waals surface area contributed by atoms with E-state index in [0.29, 0.717) is 28.3 Å². The van der Waals surface area contributed by atoms with Gasteiger partial charge in [0.25, 0.3) is 5.91 Å². The van der Waals surface area contributed by atoms with Crippen molar-refractivity contribution in [1.29, 1.82) is 5.26 Å². The molecule has 0 saturated heterocycles. The van der Waals surface area contributed by atoms with E-state index in [9.17, 15) is 9.59 Å². The Morgan fingerprint density at radius 1 is 1.06 bits per heavy atom. The fourth-order valence-corrected chi connectivity index (χ4v) is 4.25. The van der Waals surface area contributed by atoms with E-state index in [1.807, 2.05) is 13.8 Å². The number of anilines is 1. The smallest absolute Gasteiger partial charge is 0.255 e. The number of aromatic nitrogens is 4. The van der Waals surface area contributed by atoms with E-state index >= 15 is 0 Å². The summed E-state index contributed by atoms with van der Waals surface area (Å²) in [5.74, 6) is 0.309. The summed E-state index contributed by atoms with van der Waals surface area (Å²) in [6.45, 7) is 5.53. The van der Waals surface area contributed by atoms with E-state index < -0.39 is 0 Å². The van der Waals surface area contributed by atoms with Crippen molar-refractivity contribution >= 4 is 28.5 Å². The van der Waals surface area contributed by atoms with Crippen molar-refractivity contribution in [2.24, 2.45) is 0 Å². The Hall–Kier alpha value is -4.00. The maximum Gasteiger partial charge on any atom is 0.255 e. The molecule has 3 aromatic heterocycles. The van der Waals surface area contributed by atoms with Crippen molar-refractivity contribution in [3.8, 4) is 11.9 Å². The lowest BCUT2D eigenvalue weighted by atomic mass is 9.91. The fourth-order valence-electron chi connectivity index (χ4n) is 4.25. The van der Waals surface area contributed by atoms with Crippen LogP contribution in [-0.2, 0) is 4.79 Å². The Kier molecular flexibility index (Phi) is 6.72. The number of amides is 2. The highest BCUT2D eigenvalue weighted by molar-refractivity contribution is 5.99. The minimum absolute atomic E-state index is 0.0197. The molecule has 1 saturated carbocycles. The van der Waals surface area contributed by atoms with E-state index in [4.69, 9.17) is 5.26 Å². The van der Waals surface area contributed by atoms with Crippen LogP contribution in [0.25, 0.3) is 16.9 Å². The molecule has 1 aliphatic rings. The summed E-state index contributed by atoms with van der Waals surface area (Å²) < 4.78 is 1.59. The van der Waals surface area contributed by atoms with E-state index in [1.165, 1.54) is 13.1 Å². The van der Waals surface area contributed by atoms with Crippen molar-refractivity contribution in [1.82, 2.24) is 30.4 Å². The first kappa shape index (κ1) is 23.2. The minimum atomic E-state index is -0.188. The maximum absolute atomic E-state index is 13.1. The van der Waals surface area contributed by atoms with Crippen molar-refractivity contribution < 1.29 is 9.59 Å². The predicted octanol–water partition coefficient (Wildman–Crippen LogP) is 2.68. The van der Waals surface area contributed by atoms with Crippen LogP contribution in [0.5, 0.6) is 0 Å². The molecule has 3 aromatic rings. The summed E-state index contributed by atoms with van der Waals surface area (Å²) in [5.41, 5.74) is 2.15. The predicted molar refractivity (Wildman–Crippen MR) is 127 cm³/mol. The van der Waals surface area contributed by atoms with Crippen LogP contribution in [0.2, 0.25) is 0 Å². The van der Waals surface area contributed by atoms with Crippen molar-refractivity contribution in [3.63, 3.8) is 0 Å². The van der Waals surface area contributed by atoms with Gasteiger partial charge in [-0.2, -0.15) is 15.0 Å². The van der Waals surface area contributed by atoms with Crippen molar-refractivity contribution in [2.45, 2.75) is 64.6 Å². The van der Waals surface area contributed by atoms with Gasteiger partial charge in [-0.1, -0.05) is 0 Å². The summed E-state index contributed by atoms with van der Waals surface area (Å²) in [4.78, 5) is 33.2. The SMILES string of the molecule is CC(=O)NC1CCC(NC(=O)c2cnc(-n3ncc4cc(C#N)cnc43)cc2NC(C)C)CC1.